The molecule has 0 radical (unpaired) electrons. The summed E-state index contributed by atoms with van der Waals surface area (Å²) in [6.45, 7) is 0.0846. The van der Waals surface area contributed by atoms with Crippen LogP contribution in [0.4, 0.5) is 0 Å². The lowest BCUT2D eigenvalue weighted by Crippen LogP contribution is -2.36. The van der Waals surface area contributed by atoms with Gasteiger partial charge in [-0.15, -0.1) is 0 Å². The van der Waals surface area contributed by atoms with Crippen molar-refractivity contribution in [3.8, 4) is 0 Å². The van der Waals surface area contributed by atoms with Gasteiger partial charge in [-0.1, -0.05) is 29.4 Å². The Hall–Kier alpha value is -2.50. The normalized spacial score (nSPS) is 25.8. The van der Waals surface area contributed by atoms with Gasteiger partial charge in [-0.05, 0) is 36.8 Å². The van der Waals surface area contributed by atoms with E-state index in [0.717, 1.165) is 24.8 Å². The van der Waals surface area contributed by atoms with Crippen LogP contribution in [-0.4, -0.2) is 26.9 Å². The Labute approximate surface area is 138 Å². The first-order valence-corrected chi connectivity index (χ1v) is 8.43. The zero-order chi connectivity index (χ0) is 16.3. The molecule has 2 fully saturated rings. The minimum absolute atomic E-state index is 0.0846. The Morgan fingerprint density at radius 2 is 2.08 bits per heavy atom. The van der Waals surface area contributed by atoms with Gasteiger partial charge in [0.1, 0.15) is 6.54 Å². The molecular weight excluding hydrogens is 306 g/mol. The Balaban J connectivity index is 1.44. The van der Waals surface area contributed by atoms with E-state index in [1.165, 1.54) is 10.5 Å². The molecule has 6 heteroatoms. The first-order chi connectivity index (χ1) is 11.7. The zero-order valence-corrected chi connectivity index (χ0v) is 13.2. The van der Waals surface area contributed by atoms with Crippen molar-refractivity contribution in [3.05, 3.63) is 47.1 Å². The summed E-state index contributed by atoms with van der Waals surface area (Å²) < 4.78 is 5.24. The van der Waals surface area contributed by atoms with E-state index in [-0.39, 0.29) is 24.8 Å². The van der Waals surface area contributed by atoms with Crippen LogP contribution >= 0.6 is 0 Å². The molecule has 2 aliphatic carbocycles. The van der Waals surface area contributed by atoms with Crippen LogP contribution in [0.25, 0.3) is 0 Å². The second kappa shape index (κ2) is 4.75. The molecule has 2 amide bonds. The van der Waals surface area contributed by atoms with Crippen LogP contribution < -0.4 is 0 Å². The Morgan fingerprint density at radius 1 is 1.25 bits per heavy atom. The first kappa shape index (κ1) is 13.9. The maximum Gasteiger partial charge on any atom is 0.246 e. The number of likely N-dealkylation sites (tertiary alicyclic amines) is 1. The highest BCUT2D eigenvalue weighted by Gasteiger charge is 2.55. The molecule has 1 atom stereocenters. The third kappa shape index (κ3) is 1.89. The fourth-order valence-electron chi connectivity index (χ4n) is 4.03. The lowest BCUT2D eigenvalue weighted by Gasteiger charge is -2.22. The molecule has 122 valence electrons. The number of aryl methyl sites for hydroxylation is 1. The molecule has 6 nitrogen and oxygen atoms in total. The van der Waals surface area contributed by atoms with Gasteiger partial charge in [0.05, 0.1) is 5.41 Å². The lowest BCUT2D eigenvalue weighted by molar-refractivity contribution is -0.141. The van der Waals surface area contributed by atoms with E-state index in [1.807, 2.05) is 24.3 Å². The highest BCUT2D eigenvalue weighted by molar-refractivity contribution is 6.09. The number of benzene rings is 1. The van der Waals surface area contributed by atoms with Crippen molar-refractivity contribution in [2.24, 2.45) is 0 Å². The van der Waals surface area contributed by atoms with Crippen molar-refractivity contribution in [1.29, 1.82) is 0 Å². The molecule has 24 heavy (non-hydrogen) atoms. The number of carbonyl (C=O) groups is 2. The second-order valence-electron chi connectivity index (χ2n) is 7.02. The summed E-state index contributed by atoms with van der Waals surface area (Å²) in [5.41, 5.74) is 1.50. The summed E-state index contributed by atoms with van der Waals surface area (Å²) in [7, 11) is 0. The van der Waals surface area contributed by atoms with Gasteiger partial charge in [0, 0.05) is 12.3 Å². The van der Waals surface area contributed by atoms with Gasteiger partial charge in [-0.2, -0.15) is 4.98 Å². The molecule has 1 aromatic carbocycles. The molecule has 1 saturated carbocycles. The topological polar surface area (TPSA) is 76.3 Å². The number of hydrogen-bond donors (Lipinski definition) is 0. The number of nitrogens with zero attached hydrogens (tertiary/aromatic N) is 3. The fraction of sp³-hybridized carbons (Fsp3) is 0.444. The summed E-state index contributed by atoms with van der Waals surface area (Å²) in [5, 5.41) is 3.96. The molecule has 2 aromatic rings. The highest BCUT2D eigenvalue weighted by Crippen LogP contribution is 2.47. The maximum atomic E-state index is 13.1. The Morgan fingerprint density at radius 3 is 2.92 bits per heavy atom. The first-order valence-electron chi connectivity index (χ1n) is 8.43. The molecule has 1 saturated heterocycles. The predicted octanol–water partition coefficient (Wildman–Crippen LogP) is 2.09. The molecule has 0 unspecified atom stereocenters. The smallest absolute Gasteiger partial charge is 0.246 e. The van der Waals surface area contributed by atoms with E-state index in [4.69, 9.17) is 4.52 Å². The summed E-state index contributed by atoms with van der Waals surface area (Å²) in [6, 6.07) is 7.94. The van der Waals surface area contributed by atoms with Crippen molar-refractivity contribution in [1.82, 2.24) is 15.0 Å². The van der Waals surface area contributed by atoms with Crippen LogP contribution in [0.5, 0.6) is 0 Å². The van der Waals surface area contributed by atoms with Gasteiger partial charge in [0.2, 0.25) is 17.7 Å². The molecule has 0 bridgehead atoms. The standard InChI is InChI=1S/C18H17N3O3/c22-15-9-18(8-7-11-3-1-2-4-13(11)18)17(23)21(15)10-14-19-16(20-24-14)12-5-6-12/h1-4,12H,5-10H2/t18-/m0/s1. The summed E-state index contributed by atoms with van der Waals surface area (Å²) in [4.78, 5) is 31.2. The van der Waals surface area contributed by atoms with Gasteiger partial charge >= 0.3 is 0 Å². The number of aromatic nitrogens is 2. The number of hydrogen-bond acceptors (Lipinski definition) is 5. The number of rotatable bonds is 3. The van der Waals surface area contributed by atoms with Crippen LogP contribution in [0.3, 0.4) is 0 Å². The molecule has 0 N–H and O–H groups in total. The maximum absolute atomic E-state index is 13.1. The van der Waals surface area contributed by atoms with Crippen LogP contribution in [0.1, 0.15) is 54.4 Å². The summed E-state index contributed by atoms with van der Waals surface area (Å²) >= 11 is 0. The SMILES string of the molecule is O=C1C[C@]2(CCc3ccccc32)C(=O)N1Cc1nc(C2CC2)no1. The monoisotopic (exact) mass is 323 g/mol. The minimum Gasteiger partial charge on any atom is -0.337 e. The molecule has 1 aromatic heterocycles. The van der Waals surface area contributed by atoms with Gasteiger partial charge < -0.3 is 4.52 Å². The summed E-state index contributed by atoms with van der Waals surface area (Å²) in [5.74, 6) is 1.17. The van der Waals surface area contributed by atoms with Gasteiger partial charge in [0.25, 0.3) is 0 Å². The summed E-state index contributed by atoms with van der Waals surface area (Å²) in [6.07, 6.45) is 3.95. The van der Waals surface area contributed by atoms with E-state index in [0.29, 0.717) is 24.1 Å². The average molecular weight is 323 g/mol. The third-order valence-electron chi connectivity index (χ3n) is 5.48. The minimum atomic E-state index is -0.687. The molecule has 1 aliphatic heterocycles. The number of amides is 2. The van der Waals surface area contributed by atoms with Crippen molar-refractivity contribution < 1.29 is 14.1 Å². The Bertz CT molecular complexity index is 855. The largest absolute Gasteiger partial charge is 0.337 e. The van der Waals surface area contributed by atoms with Gasteiger partial charge in [-0.25, -0.2) is 0 Å². The van der Waals surface area contributed by atoms with E-state index in [1.54, 1.807) is 0 Å². The van der Waals surface area contributed by atoms with Crippen LogP contribution in [-0.2, 0) is 28.0 Å². The number of imide groups is 1. The van der Waals surface area contributed by atoms with Crippen molar-refractivity contribution in [2.45, 2.75) is 50.0 Å². The number of fused-ring (bicyclic) bond motifs is 2. The lowest BCUT2D eigenvalue weighted by atomic mass is 9.80. The third-order valence-corrected chi connectivity index (χ3v) is 5.48. The molecular formula is C18H17N3O3. The average Bonchev–Trinajstić information content (AvgIpc) is 3.15. The highest BCUT2D eigenvalue weighted by atomic mass is 16.5. The molecule has 2 heterocycles. The Kier molecular flexibility index (Phi) is 2.75. The molecule has 3 aliphatic rings. The number of carbonyl (C=O) groups excluding carboxylic acids is 2. The fourth-order valence-corrected chi connectivity index (χ4v) is 4.03. The van der Waals surface area contributed by atoms with E-state index < -0.39 is 5.41 Å². The van der Waals surface area contributed by atoms with Crippen LogP contribution in [0, 0.1) is 0 Å². The van der Waals surface area contributed by atoms with E-state index >= 15 is 0 Å². The zero-order valence-electron chi connectivity index (χ0n) is 13.2. The molecule has 5 rings (SSSR count). The van der Waals surface area contributed by atoms with Crippen LogP contribution in [0.15, 0.2) is 28.8 Å². The van der Waals surface area contributed by atoms with E-state index in [2.05, 4.69) is 10.1 Å². The second-order valence-corrected chi connectivity index (χ2v) is 7.02. The van der Waals surface area contributed by atoms with Gasteiger partial charge in [-0.3, -0.25) is 14.5 Å². The van der Waals surface area contributed by atoms with Gasteiger partial charge in [0.15, 0.2) is 5.82 Å². The predicted molar refractivity (Wildman–Crippen MR) is 82.9 cm³/mol. The van der Waals surface area contributed by atoms with Crippen molar-refractivity contribution in [3.63, 3.8) is 0 Å². The quantitative estimate of drug-likeness (QED) is 0.808. The van der Waals surface area contributed by atoms with Crippen LogP contribution in [0.2, 0.25) is 0 Å². The van der Waals surface area contributed by atoms with Crippen molar-refractivity contribution >= 4 is 11.8 Å². The van der Waals surface area contributed by atoms with Crippen molar-refractivity contribution in [2.75, 3.05) is 0 Å². The van der Waals surface area contributed by atoms with E-state index in [9.17, 15) is 9.59 Å². The molecule has 1 spiro atoms.